The Labute approximate surface area is 131 Å². The molecule has 0 aromatic rings. The number of methoxy groups -OCH3 is 1. The fourth-order valence-electron chi connectivity index (χ4n) is 2.65. The summed E-state index contributed by atoms with van der Waals surface area (Å²) in [5.41, 5.74) is 0. The Balaban J connectivity index is 2.63. The zero-order chi connectivity index (χ0) is 16.5. The van der Waals surface area contributed by atoms with E-state index >= 15 is 0 Å². The Bertz CT molecular complexity index is 400. The van der Waals surface area contributed by atoms with Crippen molar-refractivity contribution in [1.82, 2.24) is 15.5 Å². The van der Waals surface area contributed by atoms with Crippen LogP contribution in [0.4, 0.5) is 0 Å². The van der Waals surface area contributed by atoms with Crippen LogP contribution in [0.25, 0.3) is 0 Å². The van der Waals surface area contributed by atoms with Gasteiger partial charge >= 0.3 is 0 Å². The number of ether oxygens (including phenoxy) is 1. The van der Waals surface area contributed by atoms with E-state index in [0.717, 1.165) is 12.8 Å². The van der Waals surface area contributed by atoms with E-state index in [-0.39, 0.29) is 36.1 Å². The molecule has 2 atom stereocenters. The van der Waals surface area contributed by atoms with Crippen LogP contribution in [-0.4, -0.2) is 62.5 Å². The van der Waals surface area contributed by atoms with Gasteiger partial charge in [0.15, 0.2) is 0 Å². The number of likely N-dealkylation sites (N-methyl/N-ethyl adjacent to an activating group) is 1. The zero-order valence-electron chi connectivity index (χ0n) is 13.7. The van der Waals surface area contributed by atoms with E-state index in [1.54, 1.807) is 19.1 Å². The van der Waals surface area contributed by atoms with E-state index < -0.39 is 0 Å². The van der Waals surface area contributed by atoms with Crippen molar-refractivity contribution in [3.05, 3.63) is 0 Å². The summed E-state index contributed by atoms with van der Waals surface area (Å²) in [4.78, 5) is 37.2. The first-order valence-electron chi connectivity index (χ1n) is 7.71. The number of rotatable bonds is 5. The summed E-state index contributed by atoms with van der Waals surface area (Å²) in [6.07, 6.45) is 2.42. The van der Waals surface area contributed by atoms with Gasteiger partial charge in [-0.15, -0.1) is 0 Å². The van der Waals surface area contributed by atoms with E-state index in [1.165, 1.54) is 6.92 Å². The highest BCUT2D eigenvalue weighted by molar-refractivity contribution is 5.85. The predicted octanol–water partition coefficient (Wildman–Crippen LogP) is -0.0977. The summed E-state index contributed by atoms with van der Waals surface area (Å²) in [5.74, 6) is -0.581. The number of nitrogens with zero attached hydrogens (tertiary/aromatic N) is 1. The van der Waals surface area contributed by atoms with Crippen LogP contribution >= 0.6 is 0 Å². The lowest BCUT2D eigenvalue weighted by Gasteiger charge is -2.23. The molecule has 126 valence electrons. The molecule has 0 aromatic heterocycles. The lowest BCUT2D eigenvalue weighted by molar-refractivity contribution is -0.135. The van der Waals surface area contributed by atoms with Gasteiger partial charge in [0.05, 0.1) is 6.61 Å². The molecular weight excluding hydrogens is 286 g/mol. The van der Waals surface area contributed by atoms with E-state index in [0.29, 0.717) is 26.1 Å². The molecule has 1 saturated heterocycles. The molecule has 7 heteroatoms. The van der Waals surface area contributed by atoms with Crippen molar-refractivity contribution in [2.24, 2.45) is 5.92 Å². The van der Waals surface area contributed by atoms with Crippen molar-refractivity contribution in [3.8, 4) is 0 Å². The van der Waals surface area contributed by atoms with Gasteiger partial charge in [-0.2, -0.15) is 0 Å². The molecule has 1 heterocycles. The summed E-state index contributed by atoms with van der Waals surface area (Å²) < 4.78 is 4.90. The first-order chi connectivity index (χ1) is 10.4. The molecule has 2 N–H and O–H groups in total. The highest BCUT2D eigenvalue weighted by Gasteiger charge is 2.27. The van der Waals surface area contributed by atoms with Crippen LogP contribution in [0.5, 0.6) is 0 Å². The van der Waals surface area contributed by atoms with Crippen molar-refractivity contribution < 1.29 is 19.1 Å². The second-order valence-electron chi connectivity index (χ2n) is 5.79. The maximum absolute atomic E-state index is 12.2. The number of hydrogen-bond donors (Lipinski definition) is 2. The Hall–Kier alpha value is -1.63. The highest BCUT2D eigenvalue weighted by Crippen LogP contribution is 2.18. The molecule has 1 aliphatic heterocycles. The summed E-state index contributed by atoms with van der Waals surface area (Å²) in [6.45, 7) is 2.86. The predicted molar refractivity (Wildman–Crippen MR) is 82.1 cm³/mol. The third kappa shape index (κ3) is 6.43. The Morgan fingerprint density at radius 3 is 2.73 bits per heavy atom. The van der Waals surface area contributed by atoms with Crippen molar-refractivity contribution in [2.75, 3.05) is 33.9 Å². The van der Waals surface area contributed by atoms with Crippen molar-refractivity contribution in [2.45, 2.75) is 38.6 Å². The molecule has 0 spiro atoms. The van der Waals surface area contributed by atoms with Gasteiger partial charge in [0.1, 0.15) is 0 Å². The standard InChI is InChI=1S/C15H27N3O4/c1-11(19)17-13-6-4-5-12(9-14(20)18(2)10-13)15(21)16-7-8-22-3/h12-13H,4-10H2,1-3H3,(H,16,21)(H,17,19)/t12-,13-/m1/s1. The molecule has 0 aliphatic carbocycles. The Morgan fingerprint density at radius 2 is 2.09 bits per heavy atom. The molecule has 0 radical (unpaired) electrons. The smallest absolute Gasteiger partial charge is 0.223 e. The van der Waals surface area contributed by atoms with Crippen LogP contribution in [0.2, 0.25) is 0 Å². The van der Waals surface area contributed by atoms with Gasteiger partial charge in [-0.1, -0.05) is 6.42 Å². The largest absolute Gasteiger partial charge is 0.383 e. The van der Waals surface area contributed by atoms with Gasteiger partial charge in [-0.3, -0.25) is 14.4 Å². The van der Waals surface area contributed by atoms with Crippen molar-refractivity contribution >= 4 is 17.7 Å². The third-order valence-corrected chi connectivity index (χ3v) is 3.83. The molecule has 0 bridgehead atoms. The third-order valence-electron chi connectivity index (χ3n) is 3.83. The van der Waals surface area contributed by atoms with Gasteiger partial charge in [0.2, 0.25) is 17.7 Å². The van der Waals surface area contributed by atoms with Crippen LogP contribution in [0, 0.1) is 5.92 Å². The first kappa shape index (κ1) is 18.4. The minimum Gasteiger partial charge on any atom is -0.383 e. The van der Waals surface area contributed by atoms with E-state index in [2.05, 4.69) is 10.6 Å². The summed E-state index contributed by atoms with van der Waals surface area (Å²) >= 11 is 0. The SMILES string of the molecule is COCCNC(=O)[C@@H]1CCC[C@@H](NC(C)=O)CN(C)C(=O)C1. The van der Waals surface area contributed by atoms with Crippen LogP contribution < -0.4 is 10.6 Å². The molecule has 7 nitrogen and oxygen atoms in total. The lowest BCUT2D eigenvalue weighted by Crippen LogP contribution is -2.43. The zero-order valence-corrected chi connectivity index (χ0v) is 13.7. The average molecular weight is 313 g/mol. The number of carbonyl (C=O) groups is 3. The van der Waals surface area contributed by atoms with Crippen LogP contribution in [0.1, 0.15) is 32.6 Å². The maximum Gasteiger partial charge on any atom is 0.223 e. The van der Waals surface area contributed by atoms with E-state index in [4.69, 9.17) is 4.74 Å². The second-order valence-corrected chi connectivity index (χ2v) is 5.79. The molecule has 0 unspecified atom stereocenters. The average Bonchev–Trinajstić information content (AvgIpc) is 2.50. The van der Waals surface area contributed by atoms with Crippen molar-refractivity contribution in [3.63, 3.8) is 0 Å². The lowest BCUT2D eigenvalue weighted by atomic mass is 9.96. The van der Waals surface area contributed by atoms with Gasteiger partial charge in [-0.05, 0) is 12.8 Å². The Kier molecular flexibility index (Phi) is 7.87. The summed E-state index contributed by atoms with van der Waals surface area (Å²) in [6, 6.07) is -0.0539. The quantitative estimate of drug-likeness (QED) is 0.694. The second kappa shape index (κ2) is 9.40. The normalized spacial score (nSPS) is 23.2. The molecule has 1 aliphatic rings. The van der Waals surface area contributed by atoms with Gasteiger partial charge in [-0.25, -0.2) is 0 Å². The maximum atomic E-state index is 12.2. The number of hydrogen-bond acceptors (Lipinski definition) is 4. The fourth-order valence-corrected chi connectivity index (χ4v) is 2.65. The fraction of sp³-hybridized carbons (Fsp3) is 0.800. The summed E-state index contributed by atoms with van der Waals surface area (Å²) in [7, 11) is 3.29. The topological polar surface area (TPSA) is 87.7 Å². The molecule has 1 fully saturated rings. The minimum atomic E-state index is -0.317. The van der Waals surface area contributed by atoms with E-state index in [1.807, 2.05) is 0 Å². The molecule has 0 aromatic carbocycles. The number of amides is 3. The molecule has 1 rings (SSSR count). The van der Waals surface area contributed by atoms with Crippen LogP contribution in [0.15, 0.2) is 0 Å². The van der Waals surface area contributed by atoms with Crippen LogP contribution in [0.3, 0.4) is 0 Å². The van der Waals surface area contributed by atoms with Crippen LogP contribution in [-0.2, 0) is 19.1 Å². The van der Waals surface area contributed by atoms with Gasteiger partial charge in [0.25, 0.3) is 0 Å². The van der Waals surface area contributed by atoms with E-state index in [9.17, 15) is 14.4 Å². The summed E-state index contributed by atoms with van der Waals surface area (Å²) in [5, 5.41) is 5.66. The number of carbonyl (C=O) groups excluding carboxylic acids is 3. The molecule has 3 amide bonds. The van der Waals surface area contributed by atoms with Gasteiger partial charge in [0, 0.05) is 52.6 Å². The molecule has 0 saturated carbocycles. The molecular formula is C15H27N3O4. The Morgan fingerprint density at radius 1 is 1.36 bits per heavy atom. The minimum absolute atomic E-state index is 0.0539. The first-order valence-corrected chi connectivity index (χ1v) is 7.71. The molecule has 22 heavy (non-hydrogen) atoms. The monoisotopic (exact) mass is 313 g/mol. The van der Waals surface area contributed by atoms with Gasteiger partial charge < -0.3 is 20.3 Å². The number of nitrogens with one attached hydrogen (secondary N) is 2. The highest BCUT2D eigenvalue weighted by atomic mass is 16.5. The van der Waals surface area contributed by atoms with Crippen molar-refractivity contribution in [1.29, 1.82) is 0 Å².